The van der Waals surface area contributed by atoms with Gasteiger partial charge in [0.25, 0.3) is 15.7 Å². The average Bonchev–Trinajstić information content (AvgIpc) is 2.54. The minimum Gasteiger partial charge on any atom is -0.277 e. The number of nitrogens with zero attached hydrogens (tertiary/aromatic N) is 1. The summed E-state index contributed by atoms with van der Waals surface area (Å²) in [6.07, 6.45) is -0.00169. The number of amides is 1. The van der Waals surface area contributed by atoms with Crippen LogP contribution in [0.4, 0.5) is 5.69 Å². The van der Waals surface area contributed by atoms with Gasteiger partial charge in [-0.2, -0.15) is 0 Å². The van der Waals surface area contributed by atoms with Crippen molar-refractivity contribution in [3.05, 3.63) is 70.3 Å². The van der Waals surface area contributed by atoms with Crippen molar-refractivity contribution in [2.75, 3.05) is 0 Å². The zero-order valence-corrected chi connectivity index (χ0v) is 12.6. The summed E-state index contributed by atoms with van der Waals surface area (Å²) in [5, 5.41) is 10.7. The molecule has 0 heterocycles. The van der Waals surface area contributed by atoms with E-state index in [9.17, 15) is 23.3 Å². The van der Waals surface area contributed by atoms with Gasteiger partial charge in [-0.05, 0) is 11.6 Å². The zero-order valence-electron chi connectivity index (χ0n) is 11.8. The predicted octanol–water partition coefficient (Wildman–Crippen LogP) is 1.15. The van der Waals surface area contributed by atoms with Crippen LogP contribution in [0.15, 0.2) is 59.5 Å². The van der Waals surface area contributed by atoms with Crippen LogP contribution in [0.5, 0.6) is 0 Å². The molecule has 2 rings (SSSR count). The molecule has 0 saturated carbocycles. The van der Waals surface area contributed by atoms with E-state index in [-0.39, 0.29) is 17.0 Å². The topological polar surface area (TPSA) is 118 Å². The maximum Gasteiger partial charge on any atom is 0.270 e. The molecule has 23 heavy (non-hydrogen) atoms. The van der Waals surface area contributed by atoms with Crippen LogP contribution in [0, 0.1) is 10.1 Å². The Morgan fingerprint density at radius 3 is 2.43 bits per heavy atom. The number of hydrogen-bond acceptors (Lipinski definition) is 5. The molecule has 2 N–H and O–H groups in total. The number of nitro groups is 1. The molecule has 1 amide bonds. The molecule has 0 aliphatic rings. The van der Waals surface area contributed by atoms with Gasteiger partial charge in [0.2, 0.25) is 5.91 Å². The fourth-order valence-electron chi connectivity index (χ4n) is 1.77. The Balaban J connectivity index is 2.03. The zero-order chi connectivity index (χ0) is 16.9. The molecule has 2 aromatic carbocycles. The van der Waals surface area contributed by atoms with Gasteiger partial charge in [-0.25, -0.2) is 8.42 Å². The lowest BCUT2D eigenvalue weighted by atomic mass is 10.1. The van der Waals surface area contributed by atoms with E-state index in [2.05, 4.69) is 5.43 Å². The minimum atomic E-state index is -4.09. The highest BCUT2D eigenvalue weighted by atomic mass is 32.2. The molecule has 0 aliphatic carbocycles. The van der Waals surface area contributed by atoms with Crippen molar-refractivity contribution < 1.29 is 18.1 Å². The lowest BCUT2D eigenvalue weighted by Gasteiger charge is -2.08. The first-order valence-electron chi connectivity index (χ1n) is 6.47. The summed E-state index contributed by atoms with van der Waals surface area (Å²) < 4.78 is 24.0. The predicted molar refractivity (Wildman–Crippen MR) is 81.7 cm³/mol. The van der Waals surface area contributed by atoms with Gasteiger partial charge in [0.1, 0.15) is 0 Å². The lowest BCUT2D eigenvalue weighted by molar-refractivity contribution is -0.385. The van der Waals surface area contributed by atoms with E-state index in [0.717, 1.165) is 11.6 Å². The number of benzene rings is 2. The number of nitro benzene ring substituents is 1. The highest BCUT2D eigenvalue weighted by Crippen LogP contribution is 2.16. The van der Waals surface area contributed by atoms with Crippen molar-refractivity contribution in [1.29, 1.82) is 0 Å². The summed E-state index contributed by atoms with van der Waals surface area (Å²) in [7, 11) is -4.09. The number of rotatable bonds is 6. The number of nitrogens with one attached hydrogen (secondary N) is 2. The molecule has 0 bridgehead atoms. The molecule has 0 aliphatic heterocycles. The number of non-ortho nitro benzene ring substituents is 1. The lowest BCUT2D eigenvalue weighted by Crippen LogP contribution is -2.42. The van der Waals surface area contributed by atoms with E-state index in [1.54, 1.807) is 30.3 Å². The summed E-state index contributed by atoms with van der Waals surface area (Å²) in [5.74, 6) is -0.551. The SMILES string of the molecule is O=C(Cc1ccccc1)NNS(=O)(=O)c1cccc([N+](=O)[O-])c1. The van der Waals surface area contributed by atoms with Gasteiger partial charge in [0.15, 0.2) is 0 Å². The Morgan fingerprint density at radius 2 is 1.78 bits per heavy atom. The first kappa shape index (κ1) is 16.6. The van der Waals surface area contributed by atoms with Crippen molar-refractivity contribution in [2.24, 2.45) is 0 Å². The van der Waals surface area contributed by atoms with Gasteiger partial charge in [-0.1, -0.05) is 36.4 Å². The van der Waals surface area contributed by atoms with Crippen molar-refractivity contribution in [1.82, 2.24) is 10.3 Å². The van der Waals surface area contributed by atoms with Crippen LogP contribution < -0.4 is 10.3 Å². The first-order chi connectivity index (χ1) is 10.9. The standard InChI is InChI=1S/C14H13N3O5S/c18-14(9-11-5-2-1-3-6-11)15-16-23(21,22)13-8-4-7-12(10-13)17(19)20/h1-8,10,16H,9H2,(H,15,18). The second-order valence-corrected chi connectivity index (χ2v) is 6.25. The highest BCUT2D eigenvalue weighted by molar-refractivity contribution is 7.89. The molecule has 0 unspecified atom stereocenters. The minimum absolute atomic E-state index is 0.00169. The number of hydrazine groups is 1. The molecule has 9 heteroatoms. The molecule has 120 valence electrons. The van der Waals surface area contributed by atoms with Crippen molar-refractivity contribution in [3.63, 3.8) is 0 Å². The van der Waals surface area contributed by atoms with E-state index in [0.29, 0.717) is 0 Å². The molecule has 2 aromatic rings. The van der Waals surface area contributed by atoms with E-state index in [1.807, 2.05) is 4.83 Å². The molecule has 0 radical (unpaired) electrons. The Bertz CT molecular complexity index is 821. The Kier molecular flexibility index (Phi) is 5.04. The van der Waals surface area contributed by atoms with Crippen LogP contribution in [-0.2, 0) is 21.2 Å². The third kappa shape index (κ3) is 4.59. The second kappa shape index (κ2) is 6.99. The summed E-state index contributed by atoms with van der Waals surface area (Å²) in [5.41, 5.74) is 2.44. The summed E-state index contributed by atoms with van der Waals surface area (Å²) in [4.78, 5) is 23.3. The van der Waals surface area contributed by atoms with Gasteiger partial charge in [-0.15, -0.1) is 4.83 Å². The number of sulfonamides is 1. The van der Waals surface area contributed by atoms with E-state index >= 15 is 0 Å². The number of carbonyl (C=O) groups excluding carboxylic acids is 1. The third-order valence-electron chi connectivity index (χ3n) is 2.87. The normalized spacial score (nSPS) is 11.0. The van der Waals surface area contributed by atoms with Crippen molar-refractivity contribution >= 4 is 21.6 Å². The average molecular weight is 335 g/mol. The largest absolute Gasteiger partial charge is 0.277 e. The van der Waals surface area contributed by atoms with E-state index < -0.39 is 20.9 Å². The van der Waals surface area contributed by atoms with Crippen LogP contribution >= 0.6 is 0 Å². The summed E-state index contributed by atoms with van der Waals surface area (Å²) in [6.45, 7) is 0. The fourth-order valence-corrected chi connectivity index (χ4v) is 2.67. The van der Waals surface area contributed by atoms with Gasteiger partial charge in [0, 0.05) is 12.1 Å². The first-order valence-corrected chi connectivity index (χ1v) is 7.96. The Morgan fingerprint density at radius 1 is 1.09 bits per heavy atom. The molecular weight excluding hydrogens is 322 g/mol. The van der Waals surface area contributed by atoms with Crippen LogP contribution in [0.3, 0.4) is 0 Å². The van der Waals surface area contributed by atoms with Crippen LogP contribution in [-0.4, -0.2) is 19.2 Å². The van der Waals surface area contributed by atoms with Crippen LogP contribution in [0.2, 0.25) is 0 Å². The monoisotopic (exact) mass is 335 g/mol. The molecular formula is C14H13N3O5S. The molecule has 0 fully saturated rings. The Hall–Kier alpha value is -2.78. The molecule has 0 spiro atoms. The highest BCUT2D eigenvalue weighted by Gasteiger charge is 2.18. The van der Waals surface area contributed by atoms with Crippen LogP contribution in [0.25, 0.3) is 0 Å². The van der Waals surface area contributed by atoms with E-state index in [1.165, 1.54) is 18.2 Å². The quantitative estimate of drug-likeness (QED) is 0.606. The van der Waals surface area contributed by atoms with Crippen molar-refractivity contribution in [2.45, 2.75) is 11.3 Å². The van der Waals surface area contributed by atoms with Gasteiger partial charge < -0.3 is 0 Å². The van der Waals surface area contributed by atoms with Gasteiger partial charge >= 0.3 is 0 Å². The Labute approximate surface area is 132 Å². The van der Waals surface area contributed by atoms with Crippen LogP contribution in [0.1, 0.15) is 5.56 Å². The number of carbonyl (C=O) groups is 1. The molecule has 0 saturated heterocycles. The second-order valence-electron chi connectivity index (χ2n) is 4.57. The number of hydrogen-bond donors (Lipinski definition) is 2. The van der Waals surface area contributed by atoms with E-state index in [4.69, 9.17) is 0 Å². The summed E-state index contributed by atoms with van der Waals surface area (Å²) >= 11 is 0. The van der Waals surface area contributed by atoms with Crippen molar-refractivity contribution in [3.8, 4) is 0 Å². The summed E-state index contributed by atoms with van der Waals surface area (Å²) in [6, 6.07) is 13.3. The third-order valence-corrected chi connectivity index (χ3v) is 4.12. The fraction of sp³-hybridized carbons (Fsp3) is 0.0714. The molecule has 0 aromatic heterocycles. The smallest absolute Gasteiger partial charge is 0.270 e. The van der Waals surface area contributed by atoms with Gasteiger partial charge in [-0.3, -0.25) is 20.3 Å². The molecule has 8 nitrogen and oxygen atoms in total. The van der Waals surface area contributed by atoms with Gasteiger partial charge in [0.05, 0.1) is 16.2 Å². The maximum atomic E-state index is 12.0. The maximum absolute atomic E-state index is 12.0. The molecule has 0 atom stereocenters.